The van der Waals surface area contributed by atoms with E-state index in [1.807, 2.05) is 20.8 Å². The highest BCUT2D eigenvalue weighted by Crippen LogP contribution is 2.27. The van der Waals surface area contributed by atoms with E-state index in [1.165, 1.54) is 5.56 Å². The number of aryl methyl sites for hydroxylation is 1. The molecule has 0 spiro atoms. The normalized spacial score (nSPS) is 11.1. The van der Waals surface area contributed by atoms with Gasteiger partial charge < -0.3 is 10.2 Å². The van der Waals surface area contributed by atoms with Gasteiger partial charge in [0, 0.05) is 5.56 Å². The Bertz CT molecular complexity index is 365. The minimum Gasteiger partial charge on any atom is -0.507 e. The first-order chi connectivity index (χ1) is 6.57. The molecular weight excluding hydrogens is 176 g/mol. The Hall–Kier alpha value is -1.28. The zero-order valence-corrected chi connectivity index (χ0v) is 8.83. The molecule has 0 unspecified atom stereocenters. The van der Waals surface area contributed by atoms with Gasteiger partial charge in [0.2, 0.25) is 0 Å². The first-order valence-electron chi connectivity index (χ1n) is 4.65. The molecule has 76 valence electrons. The van der Waals surface area contributed by atoms with Crippen molar-refractivity contribution in [1.82, 2.24) is 0 Å². The second-order valence-corrected chi connectivity index (χ2v) is 3.46. The highest BCUT2D eigenvalue weighted by atomic mass is 16.3. The summed E-state index contributed by atoms with van der Waals surface area (Å²) < 4.78 is 0. The quantitative estimate of drug-likeness (QED) is 0.755. The van der Waals surface area contributed by atoms with Crippen LogP contribution in [0.1, 0.15) is 22.3 Å². The van der Waals surface area contributed by atoms with Crippen LogP contribution in [0.15, 0.2) is 12.1 Å². The molecule has 1 rings (SSSR count). The summed E-state index contributed by atoms with van der Waals surface area (Å²) in [5.41, 5.74) is 4.12. The first kappa shape index (κ1) is 10.8. The number of aromatic hydroxyl groups is 1. The summed E-state index contributed by atoms with van der Waals surface area (Å²) in [6.07, 6.45) is 3.37. The largest absolute Gasteiger partial charge is 0.507 e. The lowest BCUT2D eigenvalue weighted by molar-refractivity contribution is 0.343. The van der Waals surface area contributed by atoms with Gasteiger partial charge in [0.1, 0.15) is 5.75 Å². The van der Waals surface area contributed by atoms with Crippen molar-refractivity contribution >= 4 is 6.08 Å². The highest BCUT2D eigenvalue weighted by Gasteiger charge is 2.06. The Labute approximate surface area is 84.5 Å². The smallest absolute Gasteiger partial charge is 0.123 e. The number of aliphatic hydroxyl groups excluding tert-OH is 1. The van der Waals surface area contributed by atoms with Crippen LogP contribution >= 0.6 is 0 Å². The number of phenolic OH excluding ortho intramolecular Hbond substituents is 1. The topological polar surface area (TPSA) is 40.5 Å². The Morgan fingerprint density at radius 1 is 1.21 bits per heavy atom. The van der Waals surface area contributed by atoms with Crippen LogP contribution in [0.4, 0.5) is 0 Å². The molecule has 0 radical (unpaired) electrons. The lowest BCUT2D eigenvalue weighted by Gasteiger charge is -2.10. The fourth-order valence-electron chi connectivity index (χ4n) is 1.46. The van der Waals surface area contributed by atoms with E-state index in [9.17, 15) is 5.11 Å². The molecule has 0 atom stereocenters. The van der Waals surface area contributed by atoms with Gasteiger partial charge in [-0.25, -0.2) is 0 Å². The second kappa shape index (κ2) is 4.29. The van der Waals surface area contributed by atoms with E-state index in [2.05, 4.69) is 0 Å². The van der Waals surface area contributed by atoms with E-state index in [4.69, 9.17) is 5.11 Å². The van der Waals surface area contributed by atoms with Crippen molar-refractivity contribution < 1.29 is 10.2 Å². The van der Waals surface area contributed by atoms with Crippen molar-refractivity contribution in [2.75, 3.05) is 6.61 Å². The molecule has 2 nitrogen and oxygen atoms in total. The van der Waals surface area contributed by atoms with E-state index in [1.54, 1.807) is 18.2 Å². The van der Waals surface area contributed by atoms with Crippen LogP contribution in [0.5, 0.6) is 5.75 Å². The van der Waals surface area contributed by atoms with E-state index in [-0.39, 0.29) is 12.4 Å². The summed E-state index contributed by atoms with van der Waals surface area (Å²) >= 11 is 0. The first-order valence-corrected chi connectivity index (χ1v) is 4.65. The second-order valence-electron chi connectivity index (χ2n) is 3.46. The summed E-state index contributed by atoms with van der Waals surface area (Å²) in [6, 6.07) is 1.75. The summed E-state index contributed by atoms with van der Waals surface area (Å²) in [7, 11) is 0. The molecule has 0 aromatic heterocycles. The number of aliphatic hydroxyl groups is 1. The van der Waals surface area contributed by atoms with Gasteiger partial charge in [-0.1, -0.05) is 12.2 Å². The molecule has 2 N–H and O–H groups in total. The van der Waals surface area contributed by atoms with Gasteiger partial charge in [0.15, 0.2) is 0 Å². The number of benzene rings is 1. The van der Waals surface area contributed by atoms with Crippen LogP contribution in [-0.2, 0) is 0 Å². The summed E-state index contributed by atoms with van der Waals surface area (Å²) in [5.74, 6) is 0.273. The lowest BCUT2D eigenvalue weighted by atomic mass is 9.97. The number of hydrogen-bond acceptors (Lipinski definition) is 2. The molecule has 14 heavy (non-hydrogen) atoms. The van der Waals surface area contributed by atoms with Crippen molar-refractivity contribution in [2.24, 2.45) is 0 Å². The minimum absolute atomic E-state index is 0.00813. The van der Waals surface area contributed by atoms with Crippen molar-refractivity contribution in [2.45, 2.75) is 20.8 Å². The molecule has 1 aromatic carbocycles. The van der Waals surface area contributed by atoms with Gasteiger partial charge in [0.05, 0.1) is 6.61 Å². The number of hydrogen-bond donors (Lipinski definition) is 2. The van der Waals surface area contributed by atoms with Crippen LogP contribution < -0.4 is 0 Å². The molecule has 0 aliphatic rings. The standard InChI is InChI=1S/C12H16O2/c1-8-7-12(14)11(5-4-6-13)10(3)9(8)2/h4-5,7,13-14H,6H2,1-3H3/b5-4-. The number of rotatable bonds is 2. The molecule has 0 saturated carbocycles. The van der Waals surface area contributed by atoms with Gasteiger partial charge in [-0.2, -0.15) is 0 Å². The summed E-state index contributed by atoms with van der Waals surface area (Å²) in [4.78, 5) is 0. The van der Waals surface area contributed by atoms with Crippen molar-refractivity contribution in [3.63, 3.8) is 0 Å². The van der Waals surface area contributed by atoms with Crippen LogP contribution in [0.25, 0.3) is 6.08 Å². The van der Waals surface area contributed by atoms with Gasteiger partial charge in [-0.3, -0.25) is 0 Å². The van der Waals surface area contributed by atoms with E-state index < -0.39 is 0 Å². The Balaban J connectivity index is 3.29. The summed E-state index contributed by atoms with van der Waals surface area (Å²) in [6.45, 7) is 5.97. The zero-order valence-electron chi connectivity index (χ0n) is 8.83. The summed E-state index contributed by atoms with van der Waals surface area (Å²) in [5, 5.41) is 18.4. The van der Waals surface area contributed by atoms with E-state index in [0.717, 1.165) is 16.7 Å². The van der Waals surface area contributed by atoms with Crippen molar-refractivity contribution in [3.05, 3.63) is 34.4 Å². The third-order valence-corrected chi connectivity index (χ3v) is 2.58. The molecule has 2 heteroatoms. The predicted octanol–water partition coefficient (Wildman–Crippen LogP) is 2.32. The molecule has 0 amide bonds. The van der Waals surface area contributed by atoms with Crippen molar-refractivity contribution in [1.29, 1.82) is 0 Å². The average molecular weight is 192 g/mol. The lowest BCUT2D eigenvalue weighted by Crippen LogP contribution is -1.91. The Kier molecular flexibility index (Phi) is 3.31. The molecular formula is C12H16O2. The maximum Gasteiger partial charge on any atom is 0.123 e. The maximum atomic E-state index is 9.69. The molecule has 0 heterocycles. The van der Waals surface area contributed by atoms with Crippen LogP contribution in [0.3, 0.4) is 0 Å². The van der Waals surface area contributed by atoms with Gasteiger partial charge in [-0.05, 0) is 43.5 Å². The van der Waals surface area contributed by atoms with Crippen LogP contribution in [0, 0.1) is 20.8 Å². The molecule has 0 bridgehead atoms. The monoisotopic (exact) mass is 192 g/mol. The average Bonchev–Trinajstić information content (AvgIpc) is 2.14. The Morgan fingerprint density at radius 2 is 1.86 bits per heavy atom. The van der Waals surface area contributed by atoms with Gasteiger partial charge in [-0.15, -0.1) is 0 Å². The third kappa shape index (κ3) is 1.96. The van der Waals surface area contributed by atoms with E-state index in [0.29, 0.717) is 0 Å². The molecule has 0 saturated heterocycles. The zero-order chi connectivity index (χ0) is 10.7. The van der Waals surface area contributed by atoms with Gasteiger partial charge in [0.25, 0.3) is 0 Å². The molecule has 1 aromatic rings. The molecule has 0 aliphatic heterocycles. The van der Waals surface area contributed by atoms with Crippen molar-refractivity contribution in [3.8, 4) is 5.75 Å². The van der Waals surface area contributed by atoms with E-state index >= 15 is 0 Å². The highest BCUT2D eigenvalue weighted by molar-refractivity contribution is 5.63. The SMILES string of the molecule is Cc1cc(O)c(/C=C\CO)c(C)c1C. The predicted molar refractivity (Wildman–Crippen MR) is 58.4 cm³/mol. The maximum absolute atomic E-state index is 9.69. The fraction of sp³-hybridized carbons (Fsp3) is 0.333. The Morgan fingerprint density at radius 3 is 2.43 bits per heavy atom. The van der Waals surface area contributed by atoms with Gasteiger partial charge >= 0.3 is 0 Å². The fourth-order valence-corrected chi connectivity index (χ4v) is 1.46. The molecule has 0 fully saturated rings. The molecule has 0 aliphatic carbocycles. The third-order valence-electron chi connectivity index (χ3n) is 2.58. The number of phenols is 1. The van der Waals surface area contributed by atoms with Crippen LogP contribution in [0.2, 0.25) is 0 Å². The minimum atomic E-state index is -0.00813. The van der Waals surface area contributed by atoms with Crippen LogP contribution in [-0.4, -0.2) is 16.8 Å².